The molecule has 1 saturated heterocycles. The number of rotatable bonds is 6. The quantitative estimate of drug-likeness (QED) is 0.372. The van der Waals surface area contributed by atoms with E-state index in [0.717, 1.165) is 16.4 Å². The van der Waals surface area contributed by atoms with Gasteiger partial charge in [-0.3, -0.25) is 4.79 Å². The molecule has 2 atom stereocenters. The first-order valence-electron chi connectivity index (χ1n) is 11.0. The summed E-state index contributed by atoms with van der Waals surface area (Å²) >= 11 is 0. The van der Waals surface area contributed by atoms with Gasteiger partial charge in [0.25, 0.3) is 5.91 Å². The van der Waals surface area contributed by atoms with Crippen LogP contribution < -0.4 is 16.8 Å². The van der Waals surface area contributed by atoms with Crippen LogP contribution in [0.1, 0.15) is 22.5 Å². The number of nitrogens with two attached hydrogens (primary N) is 2. The number of amides is 1. The number of aliphatic hydroxyl groups is 1. The van der Waals surface area contributed by atoms with E-state index >= 15 is 0 Å². The van der Waals surface area contributed by atoms with Crippen molar-refractivity contribution in [1.82, 2.24) is 14.3 Å². The summed E-state index contributed by atoms with van der Waals surface area (Å²) in [5.41, 5.74) is 11.2. The van der Waals surface area contributed by atoms with E-state index in [1.165, 1.54) is 24.3 Å². The Balaban J connectivity index is 1.44. The van der Waals surface area contributed by atoms with Crippen LogP contribution in [0.25, 0.3) is 11.1 Å². The second-order valence-corrected chi connectivity index (χ2v) is 10.4. The third-order valence-corrected chi connectivity index (χ3v) is 7.77. The summed E-state index contributed by atoms with van der Waals surface area (Å²) in [6, 6.07) is 10.3. The van der Waals surface area contributed by atoms with Gasteiger partial charge in [-0.2, -0.15) is 17.5 Å². The van der Waals surface area contributed by atoms with Crippen LogP contribution in [-0.4, -0.2) is 58.9 Å². The molecule has 6 N–H and O–H groups in total. The van der Waals surface area contributed by atoms with E-state index in [1.807, 2.05) is 0 Å². The minimum atomic E-state index is -4.51. The van der Waals surface area contributed by atoms with Crippen molar-refractivity contribution in [2.75, 3.05) is 24.1 Å². The summed E-state index contributed by atoms with van der Waals surface area (Å²) in [5.74, 6) is -0.529. The molecule has 0 radical (unpaired) electrons. The lowest BCUT2D eigenvalue weighted by Gasteiger charge is -2.35. The minimum Gasteiger partial charge on any atom is -0.390 e. The number of nitrogen functional groups attached to an aromatic ring is 1. The lowest BCUT2D eigenvalue weighted by Crippen LogP contribution is -2.51. The molecule has 0 saturated carbocycles. The number of hydrogen-bond acceptors (Lipinski definition) is 8. The summed E-state index contributed by atoms with van der Waals surface area (Å²) < 4.78 is 65.6. The smallest absolute Gasteiger partial charge is 0.390 e. The summed E-state index contributed by atoms with van der Waals surface area (Å²) in [5, 5.41) is 13.4. The summed E-state index contributed by atoms with van der Waals surface area (Å²) in [7, 11) is -3.95. The molecule has 0 aliphatic carbocycles. The number of halogens is 3. The van der Waals surface area contributed by atoms with Gasteiger partial charge in [0.2, 0.25) is 10.0 Å². The number of alkyl halides is 3. The maximum atomic E-state index is 13.2. The number of pyridine rings is 2. The molecule has 0 unspecified atom stereocenters. The molecule has 0 bridgehead atoms. The lowest BCUT2D eigenvalue weighted by molar-refractivity contribution is -0.137. The number of primary amides is 1. The Morgan fingerprint density at radius 3 is 2.38 bits per heavy atom. The average Bonchev–Trinajstić information content (AvgIpc) is 2.84. The fraction of sp³-hybridized carbons (Fsp3) is 0.261. The van der Waals surface area contributed by atoms with Crippen LogP contribution in [0.5, 0.6) is 0 Å². The Bertz CT molecular complexity index is 1400. The van der Waals surface area contributed by atoms with E-state index in [0.29, 0.717) is 17.3 Å². The highest BCUT2D eigenvalue weighted by Crippen LogP contribution is 2.30. The Morgan fingerprint density at radius 1 is 1.11 bits per heavy atom. The van der Waals surface area contributed by atoms with Gasteiger partial charge in [0.15, 0.2) is 0 Å². The molecule has 37 heavy (non-hydrogen) atoms. The van der Waals surface area contributed by atoms with Crippen LogP contribution in [0.4, 0.5) is 24.8 Å². The monoisotopic (exact) mass is 536 g/mol. The third-order valence-electron chi connectivity index (χ3n) is 5.89. The van der Waals surface area contributed by atoms with Crippen molar-refractivity contribution < 1.29 is 31.5 Å². The second-order valence-electron chi connectivity index (χ2n) is 8.45. The summed E-state index contributed by atoms with van der Waals surface area (Å²) in [4.78, 5) is 19.0. The van der Waals surface area contributed by atoms with Gasteiger partial charge in [0.05, 0.1) is 22.6 Å². The van der Waals surface area contributed by atoms with Gasteiger partial charge in [-0.15, -0.1) is 0 Å². The van der Waals surface area contributed by atoms with Crippen LogP contribution in [-0.2, 0) is 16.2 Å². The molecule has 0 spiro atoms. The van der Waals surface area contributed by atoms with Crippen LogP contribution in [0.2, 0.25) is 0 Å². The predicted molar refractivity (Wildman–Crippen MR) is 129 cm³/mol. The molecule has 3 heterocycles. The van der Waals surface area contributed by atoms with E-state index < -0.39 is 39.8 Å². The number of benzene rings is 1. The number of aliphatic hydroxyl groups excluding tert-OH is 1. The SMILES string of the molecule is NC(=O)c1cc(-c2ccc(S(=O)(=O)N3CC[C@@H](Nc4ccc(C(F)(F)F)cn4)[C@@H](O)C3)cc2)cc(N)n1. The zero-order valence-corrected chi connectivity index (χ0v) is 20.0. The van der Waals surface area contributed by atoms with E-state index in [2.05, 4.69) is 15.3 Å². The number of hydrogen-bond donors (Lipinski definition) is 4. The van der Waals surface area contributed by atoms with E-state index in [9.17, 15) is 31.5 Å². The van der Waals surface area contributed by atoms with Crippen molar-refractivity contribution in [2.24, 2.45) is 5.73 Å². The van der Waals surface area contributed by atoms with Crippen LogP contribution in [0.3, 0.4) is 0 Å². The van der Waals surface area contributed by atoms with Gasteiger partial charge in [-0.1, -0.05) is 12.1 Å². The number of piperidine rings is 1. The second kappa shape index (κ2) is 9.95. The number of aromatic nitrogens is 2. The number of carbonyl (C=O) groups excluding carboxylic acids is 1. The highest BCUT2D eigenvalue weighted by molar-refractivity contribution is 7.89. The molecule has 1 fully saturated rings. The Hall–Kier alpha value is -3.75. The molecule has 4 rings (SSSR count). The first-order chi connectivity index (χ1) is 17.3. The zero-order chi connectivity index (χ0) is 27.0. The highest BCUT2D eigenvalue weighted by Gasteiger charge is 2.35. The van der Waals surface area contributed by atoms with E-state index in [1.54, 1.807) is 12.1 Å². The van der Waals surface area contributed by atoms with Crippen LogP contribution in [0, 0.1) is 0 Å². The number of sulfonamides is 1. The first kappa shape index (κ1) is 26.3. The van der Waals surface area contributed by atoms with E-state index in [4.69, 9.17) is 11.5 Å². The number of nitrogens with zero attached hydrogens (tertiary/aromatic N) is 3. The summed E-state index contributed by atoms with van der Waals surface area (Å²) in [6.45, 7) is -0.145. The molecule has 1 amide bonds. The first-order valence-corrected chi connectivity index (χ1v) is 12.4. The predicted octanol–water partition coefficient (Wildman–Crippen LogP) is 2.08. The van der Waals surface area contributed by atoms with Crippen molar-refractivity contribution >= 4 is 27.6 Å². The van der Waals surface area contributed by atoms with Gasteiger partial charge in [0.1, 0.15) is 17.3 Å². The fourth-order valence-electron chi connectivity index (χ4n) is 3.94. The topological polar surface area (TPSA) is 165 Å². The number of β-amino-alcohol motifs (C(OH)–C–C–N with tert-alkyl or cyclic N) is 1. The normalized spacial score (nSPS) is 18.9. The van der Waals surface area contributed by atoms with E-state index in [-0.39, 0.29) is 41.7 Å². The Morgan fingerprint density at radius 2 is 1.81 bits per heavy atom. The molecular formula is C23H23F3N6O4S. The van der Waals surface area contributed by atoms with Crippen molar-refractivity contribution in [3.05, 3.63) is 66.0 Å². The number of carbonyl (C=O) groups is 1. The van der Waals surface area contributed by atoms with Crippen molar-refractivity contribution in [3.8, 4) is 11.1 Å². The minimum absolute atomic E-state index is 0.00332. The molecule has 1 aromatic carbocycles. The van der Waals surface area contributed by atoms with Crippen molar-refractivity contribution in [2.45, 2.75) is 29.6 Å². The Kier molecular flexibility index (Phi) is 7.08. The fourth-order valence-corrected chi connectivity index (χ4v) is 5.41. The number of anilines is 2. The molecule has 196 valence electrons. The van der Waals surface area contributed by atoms with Crippen molar-refractivity contribution in [3.63, 3.8) is 0 Å². The molecule has 1 aliphatic rings. The van der Waals surface area contributed by atoms with Crippen molar-refractivity contribution in [1.29, 1.82) is 0 Å². The molecule has 14 heteroatoms. The van der Waals surface area contributed by atoms with Crippen LogP contribution in [0.15, 0.2) is 59.6 Å². The van der Waals surface area contributed by atoms with Gasteiger partial charge in [-0.05, 0) is 53.9 Å². The standard InChI is InChI=1S/C23H23F3N6O4S/c24-23(25,26)15-3-6-21(29-11-15)31-17-7-8-32(12-19(17)33)37(35,36)16-4-1-13(2-5-16)14-9-18(22(28)34)30-20(27)10-14/h1-6,9-11,17,19,33H,7-8,12H2,(H2,27,30)(H2,28,34)(H,29,31)/t17-,19+/m1/s1. The molecule has 2 aromatic heterocycles. The zero-order valence-electron chi connectivity index (χ0n) is 19.2. The third kappa shape index (κ3) is 5.81. The van der Waals surface area contributed by atoms with Gasteiger partial charge >= 0.3 is 6.18 Å². The van der Waals surface area contributed by atoms with Gasteiger partial charge in [0, 0.05) is 19.3 Å². The molecular weight excluding hydrogens is 513 g/mol. The molecule has 3 aromatic rings. The average molecular weight is 537 g/mol. The maximum absolute atomic E-state index is 13.2. The van der Waals surface area contributed by atoms with Gasteiger partial charge in [-0.25, -0.2) is 18.4 Å². The summed E-state index contributed by atoms with van der Waals surface area (Å²) in [6.07, 6.45) is -4.75. The largest absolute Gasteiger partial charge is 0.417 e. The molecule has 10 nitrogen and oxygen atoms in total. The van der Waals surface area contributed by atoms with Crippen LogP contribution >= 0.6 is 0 Å². The highest BCUT2D eigenvalue weighted by atomic mass is 32.2. The number of nitrogens with one attached hydrogen (secondary N) is 1. The van der Waals surface area contributed by atoms with Gasteiger partial charge < -0.3 is 21.9 Å². The maximum Gasteiger partial charge on any atom is 0.417 e. The molecule has 1 aliphatic heterocycles. The lowest BCUT2D eigenvalue weighted by atomic mass is 10.0. The Labute approximate surface area is 210 Å².